The molecule has 0 radical (unpaired) electrons. The van der Waals surface area contributed by atoms with Crippen LogP contribution in [0.1, 0.15) is 43.5 Å². The van der Waals surface area contributed by atoms with E-state index in [1.54, 1.807) is 16.8 Å². The molecule has 172 valence electrons. The summed E-state index contributed by atoms with van der Waals surface area (Å²) in [6.45, 7) is 0. The summed E-state index contributed by atoms with van der Waals surface area (Å²) >= 11 is 1.56. The Bertz CT molecular complexity index is 1260. The lowest BCUT2D eigenvalue weighted by Crippen LogP contribution is -2.40. The zero-order chi connectivity index (χ0) is 22.1. The maximum Gasteiger partial charge on any atom is 0.251 e. The Morgan fingerprint density at radius 1 is 1.00 bits per heavy atom. The van der Waals surface area contributed by atoms with Crippen molar-refractivity contribution >= 4 is 50.1 Å². The molecule has 0 saturated heterocycles. The summed E-state index contributed by atoms with van der Waals surface area (Å²) in [6.07, 6.45) is 3.79. The van der Waals surface area contributed by atoms with E-state index in [1.165, 1.54) is 0 Å². The summed E-state index contributed by atoms with van der Waals surface area (Å²) in [7, 11) is 4.00. The molecule has 4 aromatic rings. The molecule has 2 aromatic carbocycles. The van der Waals surface area contributed by atoms with E-state index < -0.39 is 0 Å². The molecular formula is C25H30N6OS. The molecule has 1 aliphatic rings. The molecule has 0 aliphatic heterocycles. The number of hydrogen-bond acceptors (Lipinski definition) is 7. The number of rotatable bonds is 5. The van der Waals surface area contributed by atoms with Crippen molar-refractivity contribution in [1.29, 1.82) is 0 Å². The Hall–Kier alpha value is -3.26. The number of amides is 1. The Morgan fingerprint density at radius 3 is 2.55 bits per heavy atom. The van der Waals surface area contributed by atoms with Gasteiger partial charge in [0.2, 0.25) is 5.95 Å². The maximum absolute atomic E-state index is 12.7. The van der Waals surface area contributed by atoms with Crippen LogP contribution in [-0.4, -0.2) is 47.0 Å². The van der Waals surface area contributed by atoms with Crippen molar-refractivity contribution in [2.75, 3.05) is 24.3 Å². The highest BCUT2D eigenvalue weighted by atomic mass is 32.1. The van der Waals surface area contributed by atoms with Gasteiger partial charge in [-0.25, -0.2) is 9.97 Å². The molecular weight excluding hydrogens is 432 g/mol. The van der Waals surface area contributed by atoms with Gasteiger partial charge in [0.15, 0.2) is 0 Å². The fourth-order valence-electron chi connectivity index (χ4n) is 4.30. The third kappa shape index (κ3) is 4.90. The van der Waals surface area contributed by atoms with Gasteiger partial charge in [-0.2, -0.15) is 4.98 Å². The summed E-state index contributed by atoms with van der Waals surface area (Å²) in [5.74, 6) is 1.57. The molecule has 0 bridgehead atoms. The first-order valence-electron chi connectivity index (χ1n) is 10.9. The van der Waals surface area contributed by atoms with E-state index in [1.807, 2.05) is 55.4 Å². The minimum absolute atomic E-state index is 0. The minimum Gasteiger partial charge on any atom is -0.362 e. The largest absolute Gasteiger partial charge is 0.362 e. The zero-order valence-corrected chi connectivity index (χ0v) is 19.0. The quantitative estimate of drug-likeness (QED) is 0.430. The predicted molar refractivity (Wildman–Crippen MR) is 137 cm³/mol. The van der Waals surface area contributed by atoms with Gasteiger partial charge >= 0.3 is 0 Å². The zero-order valence-electron chi connectivity index (χ0n) is 18.2. The third-order valence-electron chi connectivity index (χ3n) is 6.00. The van der Waals surface area contributed by atoms with Crippen LogP contribution in [0.2, 0.25) is 0 Å². The number of benzene rings is 2. The van der Waals surface area contributed by atoms with Gasteiger partial charge in [0.05, 0.1) is 21.2 Å². The van der Waals surface area contributed by atoms with E-state index in [9.17, 15) is 4.79 Å². The summed E-state index contributed by atoms with van der Waals surface area (Å²) in [4.78, 5) is 28.5. The summed E-state index contributed by atoms with van der Waals surface area (Å²) in [5, 5.41) is 7.78. The van der Waals surface area contributed by atoms with Crippen LogP contribution >= 0.6 is 11.3 Å². The van der Waals surface area contributed by atoms with Gasteiger partial charge in [-0.15, -0.1) is 11.3 Å². The second-order valence-corrected chi connectivity index (χ2v) is 9.37. The van der Waals surface area contributed by atoms with Crippen LogP contribution < -0.4 is 15.5 Å². The third-order valence-corrected chi connectivity index (χ3v) is 6.79. The molecule has 1 amide bonds. The maximum atomic E-state index is 12.7. The molecule has 33 heavy (non-hydrogen) atoms. The molecule has 1 fully saturated rings. The lowest BCUT2D eigenvalue weighted by atomic mass is 9.91. The molecule has 0 spiro atoms. The predicted octanol–water partition coefficient (Wildman–Crippen LogP) is 5.09. The SMILES string of the molecule is C.CN(C)c1nc(NC2CCC(NC(=O)c3ccc4ncsc4c3)CC2)nc2ccccc12. The standard InChI is InChI=1S/C24H26N6OS.CH4/c1-30(2)22-18-5-3-4-6-19(18)28-24(29-22)27-17-10-8-16(9-11-17)26-23(31)15-7-12-20-21(13-15)32-14-25-20;/h3-7,12-14,16-17H,8-11H2,1-2H3,(H,26,31)(H,27,28,29);1H4. The lowest BCUT2D eigenvalue weighted by molar-refractivity contribution is 0.0926. The topological polar surface area (TPSA) is 83.0 Å². The second kappa shape index (κ2) is 9.70. The highest BCUT2D eigenvalue weighted by Crippen LogP contribution is 2.26. The summed E-state index contributed by atoms with van der Waals surface area (Å²) < 4.78 is 1.04. The van der Waals surface area contributed by atoms with Gasteiger partial charge < -0.3 is 15.5 Å². The molecule has 1 saturated carbocycles. The number of carbonyl (C=O) groups excluding carboxylic acids is 1. The molecule has 1 aliphatic carbocycles. The molecule has 8 heteroatoms. The van der Waals surface area contributed by atoms with E-state index >= 15 is 0 Å². The number of hydrogen-bond donors (Lipinski definition) is 2. The number of para-hydroxylation sites is 1. The van der Waals surface area contributed by atoms with Gasteiger partial charge in [0.25, 0.3) is 5.91 Å². The van der Waals surface area contributed by atoms with Gasteiger partial charge in [-0.05, 0) is 56.0 Å². The first-order chi connectivity index (χ1) is 15.6. The Morgan fingerprint density at radius 2 is 1.76 bits per heavy atom. The fourth-order valence-corrected chi connectivity index (χ4v) is 5.01. The molecule has 2 heterocycles. The lowest BCUT2D eigenvalue weighted by Gasteiger charge is -2.30. The van der Waals surface area contributed by atoms with E-state index in [4.69, 9.17) is 9.97 Å². The minimum atomic E-state index is -0.00908. The fraction of sp³-hybridized carbons (Fsp3) is 0.360. The average Bonchev–Trinajstić information content (AvgIpc) is 3.27. The van der Waals surface area contributed by atoms with Crippen molar-refractivity contribution in [3.05, 3.63) is 53.5 Å². The number of fused-ring (bicyclic) bond motifs is 2. The van der Waals surface area contributed by atoms with Gasteiger partial charge in [0, 0.05) is 37.1 Å². The molecule has 2 N–H and O–H groups in total. The summed E-state index contributed by atoms with van der Waals surface area (Å²) in [6, 6.07) is 14.3. The molecule has 0 atom stereocenters. The monoisotopic (exact) mass is 462 g/mol. The smallest absolute Gasteiger partial charge is 0.251 e. The van der Waals surface area contributed by atoms with E-state index in [0.717, 1.165) is 52.6 Å². The average molecular weight is 463 g/mol. The van der Waals surface area contributed by atoms with Crippen molar-refractivity contribution < 1.29 is 4.79 Å². The number of aromatic nitrogens is 3. The van der Waals surface area contributed by atoms with Crippen LogP contribution in [0.4, 0.5) is 11.8 Å². The van der Waals surface area contributed by atoms with Crippen molar-refractivity contribution in [3.63, 3.8) is 0 Å². The Balaban J connectivity index is 0.00000259. The van der Waals surface area contributed by atoms with Crippen LogP contribution in [0.15, 0.2) is 48.0 Å². The molecule has 0 unspecified atom stereocenters. The highest BCUT2D eigenvalue weighted by Gasteiger charge is 2.24. The molecule has 7 nitrogen and oxygen atoms in total. The van der Waals surface area contributed by atoms with Crippen LogP contribution in [0.25, 0.3) is 21.1 Å². The highest BCUT2D eigenvalue weighted by molar-refractivity contribution is 7.16. The van der Waals surface area contributed by atoms with Crippen LogP contribution in [0, 0.1) is 0 Å². The van der Waals surface area contributed by atoms with Gasteiger partial charge in [0.1, 0.15) is 5.82 Å². The summed E-state index contributed by atoms with van der Waals surface area (Å²) in [5.41, 5.74) is 4.38. The van der Waals surface area contributed by atoms with E-state index in [0.29, 0.717) is 17.6 Å². The first kappa shape index (κ1) is 22.9. The van der Waals surface area contributed by atoms with E-state index in [-0.39, 0.29) is 19.4 Å². The van der Waals surface area contributed by atoms with Crippen molar-refractivity contribution in [1.82, 2.24) is 20.3 Å². The second-order valence-electron chi connectivity index (χ2n) is 8.48. The van der Waals surface area contributed by atoms with Crippen molar-refractivity contribution in [3.8, 4) is 0 Å². The number of thiazole rings is 1. The number of nitrogens with zero attached hydrogens (tertiary/aromatic N) is 4. The number of anilines is 2. The van der Waals surface area contributed by atoms with Crippen LogP contribution in [0.3, 0.4) is 0 Å². The Labute approximate surface area is 198 Å². The van der Waals surface area contributed by atoms with Crippen LogP contribution in [-0.2, 0) is 0 Å². The molecule has 2 aromatic heterocycles. The van der Waals surface area contributed by atoms with Gasteiger partial charge in [-0.3, -0.25) is 4.79 Å². The van der Waals surface area contributed by atoms with Crippen LogP contribution in [0.5, 0.6) is 0 Å². The first-order valence-corrected chi connectivity index (χ1v) is 11.8. The van der Waals surface area contributed by atoms with E-state index in [2.05, 4.69) is 21.7 Å². The van der Waals surface area contributed by atoms with Gasteiger partial charge in [-0.1, -0.05) is 19.6 Å². The molecule has 5 rings (SSSR count). The number of carbonyl (C=O) groups is 1. The Kier molecular flexibility index (Phi) is 6.74. The van der Waals surface area contributed by atoms with Crippen molar-refractivity contribution in [2.24, 2.45) is 0 Å². The normalized spacial score (nSPS) is 18.0. The van der Waals surface area contributed by atoms with Crippen molar-refractivity contribution in [2.45, 2.75) is 45.2 Å². The number of nitrogens with one attached hydrogen (secondary N) is 2.